The van der Waals surface area contributed by atoms with Crippen LogP contribution < -0.4 is 0 Å². The molecule has 0 unspecified atom stereocenters. The van der Waals surface area contributed by atoms with E-state index in [-0.39, 0.29) is 11.6 Å². The lowest BCUT2D eigenvalue weighted by molar-refractivity contribution is 0.591. The summed E-state index contributed by atoms with van der Waals surface area (Å²) in [5, 5.41) is 1.70. The van der Waals surface area contributed by atoms with Crippen LogP contribution in [0.1, 0.15) is 30.7 Å². The normalized spacial score (nSPS) is 11.7. The number of imidazole rings is 1. The van der Waals surface area contributed by atoms with Gasteiger partial charge < -0.3 is 0 Å². The molecule has 3 aromatic carbocycles. The SMILES string of the molecule is CC(C)(c1ccc(I)c(Cl)c1)c1cnc(SCc2c(F)cccc2Cl)n1-c1ccc(F)cc1. The average molecular weight is 615 g/mol. The number of aromatic nitrogens is 2. The number of hydrogen-bond acceptors (Lipinski definition) is 2. The summed E-state index contributed by atoms with van der Waals surface area (Å²) in [5.74, 6) is -0.376. The van der Waals surface area contributed by atoms with Crippen molar-refractivity contribution in [1.82, 2.24) is 9.55 Å². The summed E-state index contributed by atoms with van der Waals surface area (Å²) in [4.78, 5) is 4.65. The summed E-state index contributed by atoms with van der Waals surface area (Å²) in [6, 6.07) is 16.9. The highest BCUT2D eigenvalue weighted by Crippen LogP contribution is 2.38. The fraction of sp³-hybridized carbons (Fsp3) is 0.160. The number of benzene rings is 3. The maximum absolute atomic E-state index is 14.3. The van der Waals surface area contributed by atoms with Gasteiger partial charge in [0.2, 0.25) is 0 Å². The number of thioether (sulfide) groups is 1. The van der Waals surface area contributed by atoms with Gasteiger partial charge in [-0.25, -0.2) is 13.8 Å². The minimum absolute atomic E-state index is 0.305. The predicted molar refractivity (Wildman–Crippen MR) is 141 cm³/mol. The zero-order valence-electron chi connectivity index (χ0n) is 17.8. The first-order valence-corrected chi connectivity index (χ1v) is 12.9. The molecule has 0 aliphatic carbocycles. The Morgan fingerprint density at radius 3 is 2.39 bits per heavy atom. The maximum atomic E-state index is 14.3. The van der Waals surface area contributed by atoms with Crippen molar-refractivity contribution in [2.75, 3.05) is 0 Å². The van der Waals surface area contributed by atoms with Crippen molar-refractivity contribution in [3.63, 3.8) is 0 Å². The van der Waals surface area contributed by atoms with Gasteiger partial charge in [-0.2, -0.15) is 0 Å². The molecule has 4 aromatic rings. The summed E-state index contributed by atoms with van der Waals surface area (Å²) in [6.45, 7) is 4.18. The van der Waals surface area contributed by atoms with E-state index in [9.17, 15) is 8.78 Å². The Bertz CT molecular complexity index is 1290. The summed E-state index contributed by atoms with van der Waals surface area (Å²) in [7, 11) is 0. The summed E-state index contributed by atoms with van der Waals surface area (Å²) < 4.78 is 30.9. The fourth-order valence-corrected chi connectivity index (χ4v) is 5.41. The van der Waals surface area contributed by atoms with Crippen LogP contribution in [-0.4, -0.2) is 9.55 Å². The summed E-state index contributed by atoms with van der Waals surface area (Å²) >= 11 is 16.2. The van der Waals surface area contributed by atoms with Crippen LogP contribution >= 0.6 is 57.6 Å². The predicted octanol–water partition coefficient (Wildman–Crippen LogP) is 8.68. The minimum atomic E-state index is -0.468. The molecule has 0 fully saturated rings. The van der Waals surface area contributed by atoms with Crippen LogP contribution in [0.25, 0.3) is 5.69 Å². The smallest absolute Gasteiger partial charge is 0.173 e. The van der Waals surface area contributed by atoms with E-state index in [2.05, 4.69) is 41.4 Å². The van der Waals surface area contributed by atoms with Crippen LogP contribution in [0.5, 0.6) is 0 Å². The molecule has 0 aliphatic rings. The van der Waals surface area contributed by atoms with Crippen LogP contribution in [0.3, 0.4) is 0 Å². The van der Waals surface area contributed by atoms with E-state index in [1.807, 2.05) is 22.8 Å². The highest BCUT2D eigenvalue weighted by atomic mass is 127. The molecule has 0 radical (unpaired) electrons. The van der Waals surface area contributed by atoms with Crippen molar-refractivity contribution in [3.8, 4) is 5.69 Å². The molecular formula is C25H19Cl2F2IN2S. The molecule has 0 spiro atoms. The molecule has 0 aliphatic heterocycles. The van der Waals surface area contributed by atoms with Gasteiger partial charge in [0.15, 0.2) is 5.16 Å². The van der Waals surface area contributed by atoms with E-state index in [1.165, 1.54) is 30.0 Å². The first kappa shape index (κ1) is 24.5. The van der Waals surface area contributed by atoms with Crippen LogP contribution in [0, 0.1) is 15.2 Å². The van der Waals surface area contributed by atoms with E-state index in [0.717, 1.165) is 20.5 Å². The molecule has 170 valence electrons. The first-order chi connectivity index (χ1) is 15.7. The van der Waals surface area contributed by atoms with E-state index in [0.29, 0.717) is 26.5 Å². The minimum Gasteiger partial charge on any atom is -0.291 e. The molecule has 0 N–H and O–H groups in total. The Morgan fingerprint density at radius 2 is 1.73 bits per heavy atom. The van der Waals surface area contributed by atoms with Gasteiger partial charge in [-0.3, -0.25) is 4.57 Å². The van der Waals surface area contributed by atoms with Crippen LogP contribution in [-0.2, 0) is 11.2 Å². The monoisotopic (exact) mass is 614 g/mol. The van der Waals surface area contributed by atoms with E-state index in [1.54, 1.807) is 30.5 Å². The first-order valence-electron chi connectivity index (χ1n) is 10.0. The molecule has 0 atom stereocenters. The molecular weight excluding hydrogens is 596 g/mol. The van der Waals surface area contributed by atoms with Gasteiger partial charge in [-0.15, -0.1) is 0 Å². The van der Waals surface area contributed by atoms with Gasteiger partial charge >= 0.3 is 0 Å². The third-order valence-electron chi connectivity index (χ3n) is 5.50. The Labute approximate surface area is 219 Å². The zero-order valence-corrected chi connectivity index (χ0v) is 22.2. The second-order valence-corrected chi connectivity index (χ2v) is 10.9. The lowest BCUT2D eigenvalue weighted by Crippen LogP contribution is -2.23. The van der Waals surface area contributed by atoms with E-state index < -0.39 is 5.41 Å². The fourth-order valence-electron chi connectivity index (χ4n) is 3.56. The van der Waals surface area contributed by atoms with Crippen molar-refractivity contribution in [3.05, 3.63) is 109 Å². The van der Waals surface area contributed by atoms with Gasteiger partial charge in [0.25, 0.3) is 0 Å². The molecule has 0 bridgehead atoms. The highest BCUT2D eigenvalue weighted by molar-refractivity contribution is 14.1. The Hall–Kier alpha value is -1.61. The van der Waals surface area contributed by atoms with Gasteiger partial charge in [-0.05, 0) is 76.7 Å². The lowest BCUT2D eigenvalue weighted by Gasteiger charge is -2.28. The number of hydrogen-bond donors (Lipinski definition) is 0. The number of halogens is 5. The second-order valence-electron chi connectivity index (χ2n) is 7.98. The molecule has 0 amide bonds. The average Bonchev–Trinajstić information content (AvgIpc) is 3.20. The topological polar surface area (TPSA) is 17.8 Å². The standard InChI is InChI=1S/C25H19Cl2F2IN2S/c1-25(2,15-6-11-22(30)20(27)12-15)23-13-31-24(32(23)17-9-7-16(28)8-10-17)33-14-18-19(26)4-3-5-21(18)29/h3-13H,14H2,1-2H3. The Kier molecular flexibility index (Phi) is 7.38. The van der Waals surface area contributed by atoms with E-state index >= 15 is 0 Å². The number of nitrogens with zero attached hydrogens (tertiary/aromatic N) is 2. The molecule has 1 heterocycles. The van der Waals surface area contributed by atoms with Gasteiger partial charge in [0, 0.05) is 31.0 Å². The van der Waals surface area contributed by atoms with Crippen LogP contribution in [0.2, 0.25) is 10.0 Å². The Morgan fingerprint density at radius 1 is 1.00 bits per heavy atom. The molecule has 8 heteroatoms. The van der Waals surface area contributed by atoms with E-state index in [4.69, 9.17) is 23.2 Å². The quantitative estimate of drug-likeness (QED) is 0.160. The summed E-state index contributed by atoms with van der Waals surface area (Å²) in [6.07, 6.45) is 1.81. The van der Waals surface area contributed by atoms with Crippen molar-refractivity contribution >= 4 is 57.6 Å². The van der Waals surface area contributed by atoms with Gasteiger partial charge in [-0.1, -0.05) is 60.9 Å². The van der Waals surface area contributed by atoms with Gasteiger partial charge in [0.05, 0.1) is 16.9 Å². The van der Waals surface area contributed by atoms with Crippen molar-refractivity contribution in [2.45, 2.75) is 30.2 Å². The zero-order chi connectivity index (χ0) is 23.8. The third kappa shape index (κ3) is 5.09. The second kappa shape index (κ2) is 9.94. The molecule has 2 nitrogen and oxygen atoms in total. The van der Waals surface area contributed by atoms with Crippen molar-refractivity contribution < 1.29 is 8.78 Å². The molecule has 1 aromatic heterocycles. The molecule has 0 saturated carbocycles. The van der Waals surface area contributed by atoms with Gasteiger partial charge in [0.1, 0.15) is 11.6 Å². The number of rotatable bonds is 6. The molecule has 0 saturated heterocycles. The molecule has 4 rings (SSSR count). The Balaban J connectivity index is 1.80. The van der Waals surface area contributed by atoms with Crippen LogP contribution in [0.4, 0.5) is 8.78 Å². The van der Waals surface area contributed by atoms with Crippen molar-refractivity contribution in [2.24, 2.45) is 0 Å². The van der Waals surface area contributed by atoms with Crippen LogP contribution in [0.15, 0.2) is 72.0 Å². The maximum Gasteiger partial charge on any atom is 0.173 e. The van der Waals surface area contributed by atoms with Crippen molar-refractivity contribution in [1.29, 1.82) is 0 Å². The largest absolute Gasteiger partial charge is 0.291 e. The lowest BCUT2D eigenvalue weighted by atomic mass is 9.81. The highest BCUT2D eigenvalue weighted by Gasteiger charge is 2.30. The molecule has 33 heavy (non-hydrogen) atoms. The third-order valence-corrected chi connectivity index (χ3v) is 8.41. The summed E-state index contributed by atoms with van der Waals surface area (Å²) in [5.41, 5.74) is 2.63.